The first-order chi connectivity index (χ1) is 17.1. The van der Waals surface area contributed by atoms with Gasteiger partial charge in [-0.25, -0.2) is 19.8 Å². The highest BCUT2D eigenvalue weighted by Gasteiger charge is 2.47. The summed E-state index contributed by atoms with van der Waals surface area (Å²) < 4.78 is 92.3. The van der Waals surface area contributed by atoms with E-state index < -0.39 is 60.3 Å². The second-order valence-corrected chi connectivity index (χ2v) is 8.67. The number of nitrogens with zero attached hydrogens (tertiary/aromatic N) is 2. The number of amides is 1. The molecule has 0 aromatic heterocycles. The van der Waals surface area contributed by atoms with Gasteiger partial charge < -0.3 is 10.4 Å². The van der Waals surface area contributed by atoms with Crippen LogP contribution < -0.4 is 16.1 Å². The van der Waals surface area contributed by atoms with E-state index in [2.05, 4.69) is 21.1 Å². The fraction of sp³-hybridized carbons (Fsp3) is 0.364. The summed E-state index contributed by atoms with van der Waals surface area (Å²) >= 11 is 5.84. The second-order valence-electron chi connectivity index (χ2n) is 8.23. The molecular formula is C22H21ClF7N5O2. The molecule has 1 heterocycles. The number of hydrogen-bond acceptors (Lipinski definition) is 5. The van der Waals surface area contributed by atoms with E-state index in [1.165, 1.54) is 13.0 Å². The standard InChI is InChI=1S/C22H21ClF7N5O2/c1-11(36)10-35-18(9-17(34-35)22(28,29)30)32-20(31-16-7-14(23)6-15(24)8-16)33-19(37)12-2-4-13(5-3-12)21(25,26)27/h2-8,11,17-18,34,36H,9-10H2,1H3,(H2,31,32,33,37). The van der Waals surface area contributed by atoms with Crippen LogP contribution in [0.15, 0.2) is 47.5 Å². The van der Waals surface area contributed by atoms with Gasteiger partial charge in [0.15, 0.2) is 0 Å². The Morgan fingerprint density at radius 2 is 1.84 bits per heavy atom. The van der Waals surface area contributed by atoms with E-state index in [1.54, 1.807) is 0 Å². The Balaban J connectivity index is 1.93. The molecule has 1 fully saturated rings. The quantitative estimate of drug-likeness (QED) is 0.247. The van der Waals surface area contributed by atoms with Gasteiger partial charge in [-0.05, 0) is 49.4 Å². The Morgan fingerprint density at radius 3 is 2.38 bits per heavy atom. The van der Waals surface area contributed by atoms with Crippen LogP contribution in [0.4, 0.5) is 36.4 Å². The molecule has 1 aliphatic rings. The van der Waals surface area contributed by atoms with Gasteiger partial charge in [0, 0.05) is 29.2 Å². The molecule has 202 valence electrons. The minimum absolute atomic E-state index is 0.0168. The average molecular weight is 556 g/mol. The van der Waals surface area contributed by atoms with Gasteiger partial charge in [0.25, 0.3) is 5.91 Å². The van der Waals surface area contributed by atoms with Crippen molar-refractivity contribution in [2.75, 3.05) is 11.9 Å². The van der Waals surface area contributed by atoms with Crippen molar-refractivity contribution in [2.45, 2.75) is 44.0 Å². The Kier molecular flexibility index (Phi) is 8.67. The third-order valence-electron chi connectivity index (χ3n) is 5.09. The van der Waals surface area contributed by atoms with Crippen molar-refractivity contribution >= 4 is 29.2 Å². The van der Waals surface area contributed by atoms with E-state index in [0.717, 1.165) is 29.3 Å². The van der Waals surface area contributed by atoms with Crippen molar-refractivity contribution in [3.8, 4) is 0 Å². The van der Waals surface area contributed by atoms with Crippen molar-refractivity contribution < 1.29 is 40.6 Å². The number of aliphatic hydroxyl groups excluding tert-OH is 1. The number of hydrogen-bond donors (Lipinski definition) is 4. The largest absolute Gasteiger partial charge is 0.416 e. The predicted molar refractivity (Wildman–Crippen MR) is 121 cm³/mol. The van der Waals surface area contributed by atoms with Crippen molar-refractivity contribution in [3.63, 3.8) is 0 Å². The lowest BCUT2D eigenvalue weighted by atomic mass is 10.1. The van der Waals surface area contributed by atoms with E-state index in [1.807, 2.05) is 0 Å². The molecule has 0 radical (unpaired) electrons. The monoisotopic (exact) mass is 555 g/mol. The number of guanidine groups is 1. The van der Waals surface area contributed by atoms with Crippen LogP contribution in [0.3, 0.4) is 0 Å². The highest BCUT2D eigenvalue weighted by molar-refractivity contribution is 6.31. The third-order valence-corrected chi connectivity index (χ3v) is 5.31. The van der Waals surface area contributed by atoms with Gasteiger partial charge in [0.1, 0.15) is 18.0 Å². The van der Waals surface area contributed by atoms with E-state index in [9.17, 15) is 40.6 Å². The number of nitrogens with one attached hydrogen (secondary N) is 3. The molecule has 0 bridgehead atoms. The van der Waals surface area contributed by atoms with Crippen molar-refractivity contribution in [2.24, 2.45) is 4.99 Å². The minimum Gasteiger partial charge on any atom is -0.392 e. The Morgan fingerprint density at radius 1 is 1.19 bits per heavy atom. The average Bonchev–Trinajstić information content (AvgIpc) is 3.14. The number of benzene rings is 2. The summed E-state index contributed by atoms with van der Waals surface area (Å²) in [4.78, 5) is 16.9. The molecule has 0 aliphatic carbocycles. The number of rotatable bonds is 5. The zero-order valence-corrected chi connectivity index (χ0v) is 19.7. The van der Waals surface area contributed by atoms with Crippen molar-refractivity contribution in [3.05, 3.63) is 64.4 Å². The molecule has 37 heavy (non-hydrogen) atoms. The number of carbonyl (C=O) groups is 1. The molecule has 4 N–H and O–H groups in total. The molecule has 1 aliphatic heterocycles. The van der Waals surface area contributed by atoms with E-state index in [4.69, 9.17) is 11.6 Å². The molecule has 1 amide bonds. The van der Waals surface area contributed by atoms with Crippen LogP contribution in [0.1, 0.15) is 29.3 Å². The van der Waals surface area contributed by atoms with Crippen LogP contribution in [0.2, 0.25) is 5.02 Å². The molecule has 3 rings (SSSR count). The summed E-state index contributed by atoms with van der Waals surface area (Å²) in [6.45, 7) is 1.09. The van der Waals surface area contributed by atoms with Crippen LogP contribution in [-0.2, 0) is 6.18 Å². The molecule has 0 saturated carbocycles. The Bertz CT molecular complexity index is 1120. The van der Waals surface area contributed by atoms with E-state index >= 15 is 0 Å². The lowest BCUT2D eigenvalue weighted by molar-refractivity contribution is -0.157. The van der Waals surface area contributed by atoms with Gasteiger partial charge in [0.05, 0.1) is 11.7 Å². The molecule has 3 unspecified atom stereocenters. The number of β-amino-alcohol motifs (C(OH)–C–C–N with tert-alkyl or cyclic N) is 1. The van der Waals surface area contributed by atoms with E-state index in [-0.39, 0.29) is 22.8 Å². The lowest BCUT2D eigenvalue weighted by Crippen LogP contribution is -2.47. The number of carbonyl (C=O) groups excluding carboxylic acids is 1. The Labute approximate surface area is 211 Å². The predicted octanol–water partition coefficient (Wildman–Crippen LogP) is 4.54. The molecule has 1 saturated heterocycles. The summed E-state index contributed by atoms with van der Waals surface area (Å²) in [7, 11) is 0. The normalized spacial score (nSPS) is 20.1. The minimum atomic E-state index is -4.64. The lowest BCUT2D eigenvalue weighted by Gasteiger charge is -2.24. The van der Waals surface area contributed by atoms with Gasteiger partial charge in [0.2, 0.25) is 5.96 Å². The van der Waals surface area contributed by atoms with Crippen LogP contribution in [-0.4, -0.2) is 53.0 Å². The number of hydrazine groups is 1. The molecule has 0 spiro atoms. The zero-order chi connectivity index (χ0) is 27.5. The van der Waals surface area contributed by atoms with Gasteiger partial charge in [-0.3, -0.25) is 10.1 Å². The summed E-state index contributed by atoms with van der Waals surface area (Å²) in [5.41, 5.74) is 1.00. The molecule has 3 atom stereocenters. The van der Waals surface area contributed by atoms with Crippen molar-refractivity contribution in [1.29, 1.82) is 0 Å². The van der Waals surface area contributed by atoms with Gasteiger partial charge >= 0.3 is 12.4 Å². The zero-order valence-electron chi connectivity index (χ0n) is 19.0. The van der Waals surface area contributed by atoms with Crippen LogP contribution in [0, 0.1) is 5.82 Å². The van der Waals surface area contributed by atoms with Crippen LogP contribution >= 0.6 is 11.6 Å². The number of aliphatic hydroxyl groups is 1. The number of halogens is 8. The third kappa shape index (κ3) is 8.02. The molecule has 7 nitrogen and oxygen atoms in total. The van der Waals surface area contributed by atoms with E-state index in [0.29, 0.717) is 12.1 Å². The van der Waals surface area contributed by atoms with Gasteiger partial charge in [-0.1, -0.05) is 11.6 Å². The first-order valence-corrected chi connectivity index (χ1v) is 11.1. The maximum absolute atomic E-state index is 13.8. The fourth-order valence-electron chi connectivity index (χ4n) is 3.46. The summed E-state index contributed by atoms with van der Waals surface area (Å²) in [6.07, 6.45) is -12.2. The molecular weight excluding hydrogens is 535 g/mol. The topological polar surface area (TPSA) is 89.0 Å². The summed E-state index contributed by atoms with van der Waals surface area (Å²) in [5.74, 6) is -2.14. The maximum Gasteiger partial charge on any atom is 0.416 e. The van der Waals surface area contributed by atoms with Crippen LogP contribution in [0.5, 0.6) is 0 Å². The highest BCUT2D eigenvalue weighted by atomic mass is 35.5. The number of alkyl halides is 6. The Hall–Kier alpha value is -2.94. The molecule has 15 heteroatoms. The maximum atomic E-state index is 13.8. The summed E-state index contributed by atoms with van der Waals surface area (Å²) in [5, 5.41) is 15.5. The highest BCUT2D eigenvalue weighted by Crippen LogP contribution is 2.31. The fourth-order valence-corrected chi connectivity index (χ4v) is 3.68. The van der Waals surface area contributed by atoms with Crippen molar-refractivity contribution in [1.82, 2.24) is 15.8 Å². The van der Waals surface area contributed by atoms with Crippen LogP contribution in [0.25, 0.3) is 0 Å². The smallest absolute Gasteiger partial charge is 0.392 e. The number of anilines is 1. The first-order valence-electron chi connectivity index (χ1n) is 10.7. The van der Waals surface area contributed by atoms with Gasteiger partial charge in [-0.2, -0.15) is 26.3 Å². The molecule has 2 aromatic rings. The SMILES string of the molecule is CC(O)CN1NC(C(F)(F)F)CC1N=C(NC(=O)c1ccc(C(F)(F)F)cc1)Nc1cc(F)cc(Cl)c1. The van der Waals surface area contributed by atoms with Gasteiger partial charge in [-0.15, -0.1) is 0 Å². The first kappa shape index (κ1) is 28.6. The number of aliphatic imine (C=N–C) groups is 1. The molecule has 2 aromatic carbocycles. The summed E-state index contributed by atoms with van der Waals surface area (Å²) in [6, 6.07) is 4.40. The second kappa shape index (κ2) is 11.2.